The summed E-state index contributed by atoms with van der Waals surface area (Å²) < 4.78 is 2.19. The van der Waals surface area contributed by atoms with Gasteiger partial charge in [-0.25, -0.2) is 4.98 Å². The summed E-state index contributed by atoms with van der Waals surface area (Å²) >= 11 is 0. The van der Waals surface area contributed by atoms with E-state index in [-0.39, 0.29) is 6.98 Å². The summed E-state index contributed by atoms with van der Waals surface area (Å²) in [6.07, 6.45) is 1.99. The first-order valence-corrected chi connectivity index (χ1v) is 14.2. The van der Waals surface area contributed by atoms with Gasteiger partial charge in [0, 0.05) is 22.6 Å². The fourth-order valence-corrected chi connectivity index (χ4v) is 6.65. The molecule has 0 unspecified atom stereocenters. The fraction of sp³-hybridized carbons (Fsp3) is 0. The van der Waals surface area contributed by atoms with Gasteiger partial charge in [-0.3, -0.25) is 9.55 Å². The van der Waals surface area contributed by atoms with Gasteiger partial charge in [0.25, 0.3) is 0 Å². The van der Waals surface area contributed by atoms with E-state index < -0.39 is 0 Å². The summed E-state index contributed by atoms with van der Waals surface area (Å²) in [5.74, 6) is 0.828. The lowest BCUT2D eigenvalue weighted by Crippen LogP contribution is -2.55. The van der Waals surface area contributed by atoms with Gasteiger partial charge in [-0.2, -0.15) is 0 Å². The maximum Gasteiger partial charge on any atom is 0.421 e. The number of hydrogen-bond acceptors (Lipinski definition) is 4. The smallest absolute Gasteiger partial charge is 0.359 e. The SMILES string of the molecule is c1ccc(-n2c(-c3ccc(N4B5c6ccccc6-c6ccccc6N5c5ccccc54)cn3)nc3ccccc32)cc1. The zero-order valence-corrected chi connectivity index (χ0v) is 22.7. The zero-order chi connectivity index (χ0) is 27.6. The highest BCUT2D eigenvalue weighted by Crippen LogP contribution is 2.50. The molecule has 2 aliphatic heterocycles. The van der Waals surface area contributed by atoms with Crippen molar-refractivity contribution >= 4 is 46.2 Å². The molecule has 0 saturated carbocycles. The Bertz CT molecular complexity index is 2120. The molecule has 9 rings (SSSR count). The molecule has 0 amide bonds. The Morgan fingerprint density at radius 1 is 0.500 bits per heavy atom. The number of hydrogen-bond donors (Lipinski definition) is 0. The van der Waals surface area contributed by atoms with Crippen LogP contribution in [-0.4, -0.2) is 21.5 Å². The van der Waals surface area contributed by atoms with Crippen LogP contribution in [0.1, 0.15) is 0 Å². The minimum absolute atomic E-state index is 0.0185. The molecule has 196 valence electrons. The molecule has 2 aromatic heterocycles. The number of nitrogens with zero attached hydrogens (tertiary/aromatic N) is 5. The summed E-state index contributed by atoms with van der Waals surface area (Å²) in [6.45, 7) is -0.0185. The van der Waals surface area contributed by atoms with Gasteiger partial charge in [-0.1, -0.05) is 84.9 Å². The molecular formula is C36H24BN5. The second-order valence-corrected chi connectivity index (χ2v) is 10.7. The van der Waals surface area contributed by atoms with Crippen LogP contribution in [0.2, 0.25) is 0 Å². The molecule has 0 fully saturated rings. The molecule has 42 heavy (non-hydrogen) atoms. The maximum atomic E-state index is 5.04. The third kappa shape index (κ3) is 3.26. The van der Waals surface area contributed by atoms with E-state index in [1.165, 1.54) is 33.7 Å². The summed E-state index contributed by atoms with van der Waals surface area (Å²) in [7, 11) is 0. The predicted molar refractivity (Wildman–Crippen MR) is 172 cm³/mol. The third-order valence-electron chi connectivity index (χ3n) is 8.41. The lowest BCUT2D eigenvalue weighted by Gasteiger charge is -2.36. The van der Waals surface area contributed by atoms with E-state index in [1.54, 1.807) is 0 Å². The Kier molecular flexibility index (Phi) is 4.93. The quantitative estimate of drug-likeness (QED) is 0.216. The minimum Gasteiger partial charge on any atom is -0.359 e. The lowest BCUT2D eigenvalue weighted by atomic mass is 9.59. The zero-order valence-electron chi connectivity index (χ0n) is 22.7. The number of fused-ring (bicyclic) bond motifs is 9. The Balaban J connectivity index is 1.20. The Labute approximate surface area is 244 Å². The van der Waals surface area contributed by atoms with Gasteiger partial charge in [0.05, 0.1) is 28.6 Å². The first-order chi connectivity index (χ1) is 20.9. The molecule has 6 heteroatoms. The Morgan fingerprint density at radius 2 is 1.17 bits per heavy atom. The van der Waals surface area contributed by atoms with Crippen LogP contribution in [-0.2, 0) is 0 Å². The number of anilines is 4. The molecule has 0 N–H and O–H groups in total. The van der Waals surface area contributed by atoms with E-state index in [4.69, 9.17) is 9.97 Å². The van der Waals surface area contributed by atoms with E-state index >= 15 is 0 Å². The molecule has 0 spiro atoms. The van der Waals surface area contributed by atoms with Gasteiger partial charge in [0.15, 0.2) is 5.82 Å². The molecule has 7 aromatic rings. The topological polar surface area (TPSA) is 37.2 Å². The van der Waals surface area contributed by atoms with Crippen molar-refractivity contribution in [2.45, 2.75) is 0 Å². The van der Waals surface area contributed by atoms with Gasteiger partial charge in [-0.15, -0.1) is 0 Å². The summed E-state index contributed by atoms with van der Waals surface area (Å²) in [4.78, 5) is 14.9. The largest absolute Gasteiger partial charge is 0.421 e. The highest BCUT2D eigenvalue weighted by atomic mass is 15.3. The molecule has 2 aliphatic rings. The van der Waals surface area contributed by atoms with Gasteiger partial charge in [0.2, 0.25) is 0 Å². The first-order valence-electron chi connectivity index (χ1n) is 14.2. The number of imidazole rings is 1. The van der Waals surface area contributed by atoms with Gasteiger partial charge in [-0.05, 0) is 65.6 Å². The summed E-state index contributed by atoms with van der Waals surface area (Å²) in [5, 5.41) is 0. The van der Waals surface area contributed by atoms with Crippen LogP contribution >= 0.6 is 0 Å². The molecule has 4 heterocycles. The van der Waals surface area contributed by atoms with Crippen LogP contribution in [0.5, 0.6) is 0 Å². The minimum atomic E-state index is -0.0185. The third-order valence-corrected chi connectivity index (χ3v) is 8.41. The van der Waals surface area contributed by atoms with Gasteiger partial charge in [0.1, 0.15) is 5.69 Å². The van der Waals surface area contributed by atoms with Crippen LogP contribution in [0.25, 0.3) is 39.4 Å². The lowest BCUT2D eigenvalue weighted by molar-refractivity contribution is 1.08. The maximum absolute atomic E-state index is 5.04. The van der Waals surface area contributed by atoms with Crippen LogP contribution < -0.4 is 15.1 Å². The highest BCUT2D eigenvalue weighted by Gasteiger charge is 2.47. The van der Waals surface area contributed by atoms with E-state index in [0.29, 0.717) is 0 Å². The molecule has 0 saturated heterocycles. The molecule has 5 aromatic carbocycles. The van der Waals surface area contributed by atoms with Crippen molar-refractivity contribution in [3.63, 3.8) is 0 Å². The average Bonchev–Trinajstić information content (AvgIpc) is 3.62. The van der Waals surface area contributed by atoms with Gasteiger partial charge < -0.3 is 9.62 Å². The van der Waals surface area contributed by atoms with E-state index in [1.807, 2.05) is 18.3 Å². The molecule has 0 aliphatic carbocycles. The average molecular weight is 537 g/mol. The number of aromatic nitrogens is 3. The normalized spacial score (nSPS) is 13.1. The van der Waals surface area contributed by atoms with Crippen LogP contribution in [0.4, 0.5) is 22.7 Å². The summed E-state index contributed by atoms with van der Waals surface area (Å²) in [6, 6.07) is 49.1. The number of pyridine rings is 1. The van der Waals surface area contributed by atoms with Crippen LogP contribution in [0, 0.1) is 0 Å². The second kappa shape index (κ2) is 8.95. The molecular weight excluding hydrogens is 513 g/mol. The van der Waals surface area contributed by atoms with Crippen molar-refractivity contribution in [3.8, 4) is 28.3 Å². The van der Waals surface area contributed by atoms with E-state index in [2.05, 4.69) is 142 Å². The van der Waals surface area contributed by atoms with Crippen LogP contribution in [0.3, 0.4) is 0 Å². The van der Waals surface area contributed by atoms with E-state index in [0.717, 1.165) is 33.9 Å². The van der Waals surface area contributed by atoms with Crippen molar-refractivity contribution in [1.82, 2.24) is 14.5 Å². The van der Waals surface area contributed by atoms with Crippen LogP contribution in [0.15, 0.2) is 146 Å². The van der Waals surface area contributed by atoms with Crippen molar-refractivity contribution in [2.75, 3.05) is 9.62 Å². The van der Waals surface area contributed by atoms with Gasteiger partial charge >= 0.3 is 6.98 Å². The Hall–Kier alpha value is -5.62. The predicted octanol–water partition coefficient (Wildman–Crippen LogP) is 7.75. The molecule has 0 bridgehead atoms. The standard InChI is InChI=1S/C36H24BN5/c1-2-12-25(13-3-1)40-33-19-9-7-17-30(33)39-36(40)31-23-22-26(24-38-31)41-34-20-10-11-21-35(34)42-32-18-8-5-15-28(32)27-14-4-6-16-29(27)37(41)42/h1-24H. The first kappa shape index (κ1) is 23.1. The second-order valence-electron chi connectivity index (χ2n) is 10.7. The van der Waals surface area contributed by atoms with Crippen molar-refractivity contribution in [2.24, 2.45) is 0 Å². The highest BCUT2D eigenvalue weighted by molar-refractivity contribution is 6.86. The van der Waals surface area contributed by atoms with Crippen molar-refractivity contribution in [1.29, 1.82) is 0 Å². The Morgan fingerprint density at radius 3 is 1.98 bits per heavy atom. The van der Waals surface area contributed by atoms with Crippen molar-refractivity contribution < 1.29 is 0 Å². The van der Waals surface area contributed by atoms with E-state index in [9.17, 15) is 0 Å². The van der Waals surface area contributed by atoms with Crippen molar-refractivity contribution in [3.05, 3.63) is 146 Å². The number of rotatable bonds is 3. The molecule has 5 nitrogen and oxygen atoms in total. The summed E-state index contributed by atoms with van der Waals surface area (Å²) in [5.41, 5.74) is 12.3. The monoisotopic (exact) mass is 537 g/mol. The number of para-hydroxylation sites is 6. The molecule has 0 atom stereocenters. The fourth-order valence-electron chi connectivity index (χ4n) is 6.65. The molecule has 0 radical (unpaired) electrons. The number of benzene rings is 5.